The van der Waals surface area contributed by atoms with Crippen LogP contribution in [0.4, 0.5) is 0 Å². The maximum atomic E-state index is 5.97. The molecule has 278 valence electrons. The van der Waals surface area contributed by atoms with Gasteiger partial charge in [-0.15, -0.1) is 28.8 Å². The molecular weight excluding hydrogens is 810 g/mol. The van der Waals surface area contributed by atoms with Crippen LogP contribution in [0.2, 0.25) is 5.02 Å². The monoisotopic (exact) mass is 854 g/mol. The predicted molar refractivity (Wildman–Crippen MR) is 225 cm³/mol. The molecule has 0 aliphatic heterocycles. The van der Waals surface area contributed by atoms with Gasteiger partial charge in [0, 0.05) is 0 Å². The van der Waals surface area contributed by atoms with E-state index in [4.69, 9.17) is 11.6 Å². The van der Waals surface area contributed by atoms with Gasteiger partial charge >= 0.3 is 110 Å². The number of fused-ring (bicyclic) bond motifs is 3. The smallest absolute Gasteiger partial charge is 0.172 e. The molecular formula is C51H47Cl3Zr-2. The molecule has 55 heavy (non-hydrogen) atoms. The van der Waals surface area contributed by atoms with Crippen LogP contribution in [0.25, 0.3) is 33.4 Å². The first-order valence-electron chi connectivity index (χ1n) is 18.3. The van der Waals surface area contributed by atoms with Crippen LogP contribution in [0.1, 0.15) is 74.9 Å². The fraction of sp³-hybridized carbons (Fsp3) is 0.176. The van der Waals surface area contributed by atoms with Crippen LogP contribution in [0.3, 0.4) is 0 Å². The molecule has 0 amide bonds. The SMILES string of the molecule is CC(C)(C)c1cc2c([c-]c1-c1ccccc1)Cc1cc(-c3ccccc3)c(C(C)(C)C)cc1-2.Clc1cccc([C](=[Zr+2])c2ccccc2)c1.[Cl-].[Cl-].c1cc[cH-]c1. The third-order valence-electron chi connectivity index (χ3n) is 9.55. The second kappa shape index (κ2) is 19.4. The summed E-state index contributed by atoms with van der Waals surface area (Å²) in [5.74, 6) is 0. The summed E-state index contributed by atoms with van der Waals surface area (Å²) in [5, 5.41) is 0.795. The Kier molecular flexibility index (Phi) is 15.6. The van der Waals surface area contributed by atoms with Gasteiger partial charge in [-0.3, -0.25) is 0 Å². The van der Waals surface area contributed by atoms with E-state index < -0.39 is 0 Å². The Hall–Kier alpha value is -3.71. The van der Waals surface area contributed by atoms with Gasteiger partial charge in [-0.05, 0) is 39.5 Å². The fourth-order valence-corrected chi connectivity index (χ4v) is 7.82. The Bertz CT molecular complexity index is 2160. The molecule has 0 aromatic heterocycles. The Morgan fingerprint density at radius 2 is 1.09 bits per heavy atom. The van der Waals surface area contributed by atoms with Crippen molar-refractivity contribution in [3.63, 3.8) is 0 Å². The third kappa shape index (κ3) is 11.0. The molecule has 0 unspecified atom stereocenters. The van der Waals surface area contributed by atoms with E-state index in [9.17, 15) is 0 Å². The van der Waals surface area contributed by atoms with Crippen molar-refractivity contribution < 1.29 is 49.0 Å². The molecule has 0 saturated carbocycles. The Balaban J connectivity index is 0.000000253. The molecule has 0 atom stereocenters. The maximum absolute atomic E-state index is 5.97. The van der Waals surface area contributed by atoms with Gasteiger partial charge in [0.05, 0.1) is 0 Å². The van der Waals surface area contributed by atoms with Gasteiger partial charge in [0.2, 0.25) is 0 Å². The van der Waals surface area contributed by atoms with E-state index in [1.165, 1.54) is 94.2 Å². The molecule has 1 aliphatic rings. The van der Waals surface area contributed by atoms with E-state index in [0.29, 0.717) is 0 Å². The van der Waals surface area contributed by atoms with Gasteiger partial charge < -0.3 is 24.8 Å². The first-order valence-corrected chi connectivity index (χ1v) is 20.0. The van der Waals surface area contributed by atoms with E-state index in [1.54, 1.807) is 0 Å². The van der Waals surface area contributed by atoms with Crippen molar-refractivity contribution in [2.45, 2.75) is 58.8 Å². The molecule has 0 fully saturated rings. The summed E-state index contributed by atoms with van der Waals surface area (Å²) in [7, 11) is 0. The number of hydrogen-bond donors (Lipinski definition) is 0. The van der Waals surface area contributed by atoms with Crippen molar-refractivity contribution >= 4 is 14.8 Å². The molecule has 4 heteroatoms. The second-order valence-electron chi connectivity index (χ2n) is 15.6. The summed E-state index contributed by atoms with van der Waals surface area (Å²) in [6, 6.07) is 61.2. The number of hydrogen-bond acceptors (Lipinski definition) is 0. The molecule has 0 N–H and O–H groups in total. The zero-order chi connectivity index (χ0) is 37.6. The van der Waals surface area contributed by atoms with Crippen LogP contribution >= 0.6 is 11.6 Å². The number of rotatable bonds is 4. The van der Waals surface area contributed by atoms with Gasteiger partial charge in [0.15, 0.2) is 0 Å². The number of halogens is 3. The zero-order valence-electron chi connectivity index (χ0n) is 32.4. The summed E-state index contributed by atoms with van der Waals surface area (Å²) < 4.78 is 1.34. The normalized spacial score (nSPS) is 11.3. The minimum Gasteiger partial charge on any atom is -1.00 e. The van der Waals surface area contributed by atoms with Crippen molar-refractivity contribution in [2.75, 3.05) is 0 Å². The minimum atomic E-state index is 0. The topological polar surface area (TPSA) is 0 Å². The molecule has 0 nitrogen and oxygen atoms in total. The molecule has 0 heterocycles. The standard InChI is InChI=1S/C33H33.C13H9Cl.C5H5.2ClH.Zr/c1-32(2,3)30-20-26-24(18-28(30)22-13-9-7-10-14-22)17-25-19-29(23-15-11-8-12-16-23)31(21-27(25)26)33(4,5)6;14-13-8-4-7-12(10-13)9-11-5-2-1-3-6-11;1-2-4-5-3-1;;;/h7-16,18,20-21H,17H2,1-6H3;1-8,10H;1-5H;2*1H;/q-1;;-1;;;+2/p-2. The van der Waals surface area contributed by atoms with E-state index in [2.05, 4.69) is 157 Å². The summed E-state index contributed by atoms with van der Waals surface area (Å²) in [6.45, 7) is 13.9. The third-order valence-corrected chi connectivity index (χ3v) is 11.2. The zero-order valence-corrected chi connectivity index (χ0v) is 37.2. The molecule has 0 saturated heterocycles. The van der Waals surface area contributed by atoms with Crippen LogP contribution in [0.5, 0.6) is 0 Å². The molecule has 7 aromatic carbocycles. The summed E-state index contributed by atoms with van der Waals surface area (Å²) in [4.78, 5) is 0. The Morgan fingerprint density at radius 3 is 1.62 bits per heavy atom. The minimum absolute atomic E-state index is 0. The molecule has 7 aromatic rings. The molecule has 1 aliphatic carbocycles. The van der Waals surface area contributed by atoms with Crippen molar-refractivity contribution in [2.24, 2.45) is 0 Å². The van der Waals surface area contributed by atoms with Gasteiger partial charge in [0.1, 0.15) is 0 Å². The Labute approximate surface area is 361 Å². The van der Waals surface area contributed by atoms with Gasteiger partial charge in [-0.1, -0.05) is 131 Å². The Morgan fingerprint density at radius 1 is 0.564 bits per heavy atom. The first-order chi connectivity index (χ1) is 25.4. The van der Waals surface area contributed by atoms with E-state index in [1.807, 2.05) is 54.6 Å². The number of benzene rings is 6. The van der Waals surface area contributed by atoms with E-state index in [0.717, 1.165) is 11.4 Å². The largest absolute Gasteiger partial charge is 1.00 e. The maximum Gasteiger partial charge on any atom is -0.172 e. The van der Waals surface area contributed by atoms with E-state index in [-0.39, 0.29) is 35.6 Å². The van der Waals surface area contributed by atoms with E-state index >= 15 is 0 Å². The van der Waals surface area contributed by atoms with Crippen molar-refractivity contribution in [3.05, 3.63) is 208 Å². The molecule has 0 radical (unpaired) electrons. The van der Waals surface area contributed by atoms with Crippen LogP contribution in [0, 0.1) is 6.07 Å². The second-order valence-corrected chi connectivity index (χ2v) is 17.3. The quantitative estimate of drug-likeness (QED) is 0.158. The van der Waals surface area contributed by atoms with Gasteiger partial charge in [-0.25, -0.2) is 12.1 Å². The summed E-state index contributed by atoms with van der Waals surface area (Å²) >= 11 is 7.38. The van der Waals surface area contributed by atoms with Crippen LogP contribution in [-0.4, -0.2) is 3.21 Å². The molecule has 8 rings (SSSR count). The van der Waals surface area contributed by atoms with Crippen LogP contribution in [0.15, 0.2) is 164 Å². The van der Waals surface area contributed by atoms with Crippen LogP contribution in [-0.2, 0) is 41.5 Å². The molecule has 0 spiro atoms. The fourth-order valence-electron chi connectivity index (χ4n) is 6.84. The van der Waals surface area contributed by atoms with Crippen molar-refractivity contribution in [3.8, 4) is 33.4 Å². The molecule has 0 bridgehead atoms. The van der Waals surface area contributed by atoms with Gasteiger partial charge in [0.25, 0.3) is 0 Å². The average molecular weight is 858 g/mol. The van der Waals surface area contributed by atoms with Crippen molar-refractivity contribution in [1.82, 2.24) is 0 Å². The van der Waals surface area contributed by atoms with Gasteiger partial charge in [-0.2, -0.15) is 18.2 Å². The summed E-state index contributed by atoms with van der Waals surface area (Å²) in [5.41, 5.74) is 16.0. The predicted octanol–water partition coefficient (Wildman–Crippen LogP) is 7.86. The first kappa shape index (κ1) is 44.0. The average Bonchev–Trinajstić information content (AvgIpc) is 3.86. The van der Waals surface area contributed by atoms with Crippen LogP contribution < -0.4 is 24.8 Å². The van der Waals surface area contributed by atoms with Crippen molar-refractivity contribution in [1.29, 1.82) is 0 Å². The summed E-state index contributed by atoms with van der Waals surface area (Å²) in [6.07, 6.45) is 0.944.